The van der Waals surface area contributed by atoms with Crippen LogP contribution in [0.15, 0.2) is 35.1 Å². The van der Waals surface area contributed by atoms with Crippen molar-refractivity contribution in [2.24, 2.45) is 0 Å². The van der Waals surface area contributed by atoms with E-state index >= 15 is 0 Å². The third kappa shape index (κ3) is 2.73. The zero-order valence-electron chi connectivity index (χ0n) is 10.1. The van der Waals surface area contributed by atoms with Crippen molar-refractivity contribution in [2.45, 2.75) is 13.8 Å². The Hall–Kier alpha value is -1.75. The smallest absolute Gasteiger partial charge is 0.258 e. The van der Waals surface area contributed by atoms with Gasteiger partial charge in [-0.1, -0.05) is 0 Å². The maximum Gasteiger partial charge on any atom is 0.258 e. The van der Waals surface area contributed by atoms with E-state index in [2.05, 4.69) is 31.2 Å². The number of aromatic nitrogens is 2. The molecular weight excluding hydrogens is 294 g/mol. The number of amides is 1. The molecule has 0 radical (unpaired) electrons. The van der Waals surface area contributed by atoms with E-state index in [9.17, 15) is 4.79 Å². The molecule has 0 saturated carbocycles. The summed E-state index contributed by atoms with van der Waals surface area (Å²) in [5.41, 5.74) is 2.93. The van der Waals surface area contributed by atoms with Crippen LogP contribution >= 0.6 is 15.9 Å². The van der Waals surface area contributed by atoms with Crippen LogP contribution in [-0.4, -0.2) is 15.9 Å². The number of carbonyl (C=O) groups excluding carboxylic acids is 1. The summed E-state index contributed by atoms with van der Waals surface area (Å²) in [4.78, 5) is 20.4. The lowest BCUT2D eigenvalue weighted by Gasteiger charge is -2.08. The number of rotatable bonds is 2. The number of aryl methyl sites for hydroxylation is 2. The number of nitrogens with one attached hydrogen (secondary N) is 1. The number of anilines is 1. The molecule has 92 valence electrons. The Morgan fingerprint density at radius 3 is 2.72 bits per heavy atom. The minimum absolute atomic E-state index is 0.205. The van der Waals surface area contributed by atoms with Crippen molar-refractivity contribution < 1.29 is 4.79 Å². The van der Waals surface area contributed by atoms with E-state index in [1.807, 2.05) is 26.0 Å². The Bertz CT molecular complexity index is 599. The molecular formula is C13H12BrN3O. The van der Waals surface area contributed by atoms with Crippen molar-refractivity contribution in [1.82, 2.24) is 9.97 Å². The number of halogens is 1. The molecule has 0 aliphatic rings. The Balaban J connectivity index is 2.24. The highest BCUT2D eigenvalue weighted by atomic mass is 79.9. The van der Waals surface area contributed by atoms with Crippen LogP contribution in [-0.2, 0) is 0 Å². The maximum absolute atomic E-state index is 12.1. The third-order valence-corrected chi connectivity index (χ3v) is 3.11. The van der Waals surface area contributed by atoms with Gasteiger partial charge in [0.05, 0.1) is 16.9 Å². The molecule has 0 aliphatic heterocycles. The number of hydrogen-bond donors (Lipinski definition) is 1. The summed E-state index contributed by atoms with van der Waals surface area (Å²) in [7, 11) is 0. The minimum Gasteiger partial charge on any atom is -0.320 e. The van der Waals surface area contributed by atoms with Crippen molar-refractivity contribution in [3.8, 4) is 0 Å². The highest BCUT2D eigenvalue weighted by Crippen LogP contribution is 2.17. The van der Waals surface area contributed by atoms with Gasteiger partial charge in [-0.05, 0) is 54.0 Å². The van der Waals surface area contributed by atoms with Gasteiger partial charge in [-0.2, -0.15) is 0 Å². The number of nitrogens with zero attached hydrogens (tertiary/aromatic N) is 2. The SMILES string of the molecule is Cc1ccc(NC(=O)c2cccnc2Br)c(C)n1. The first-order valence-electron chi connectivity index (χ1n) is 5.44. The van der Waals surface area contributed by atoms with Crippen LogP contribution in [0, 0.1) is 13.8 Å². The van der Waals surface area contributed by atoms with E-state index in [0.29, 0.717) is 15.9 Å². The Labute approximate surface area is 114 Å². The molecule has 2 heterocycles. The second kappa shape index (κ2) is 5.27. The van der Waals surface area contributed by atoms with Gasteiger partial charge >= 0.3 is 0 Å². The summed E-state index contributed by atoms with van der Waals surface area (Å²) < 4.78 is 0.528. The fourth-order valence-corrected chi connectivity index (χ4v) is 1.99. The Morgan fingerprint density at radius 2 is 2.06 bits per heavy atom. The van der Waals surface area contributed by atoms with E-state index in [1.165, 1.54) is 0 Å². The predicted molar refractivity (Wildman–Crippen MR) is 73.6 cm³/mol. The van der Waals surface area contributed by atoms with Crippen molar-refractivity contribution in [2.75, 3.05) is 5.32 Å². The highest BCUT2D eigenvalue weighted by Gasteiger charge is 2.11. The van der Waals surface area contributed by atoms with Crippen LogP contribution in [0.1, 0.15) is 21.7 Å². The zero-order valence-corrected chi connectivity index (χ0v) is 11.7. The average molecular weight is 306 g/mol. The van der Waals surface area contributed by atoms with Gasteiger partial charge in [-0.15, -0.1) is 0 Å². The van der Waals surface area contributed by atoms with Crippen molar-refractivity contribution in [1.29, 1.82) is 0 Å². The molecule has 1 amide bonds. The van der Waals surface area contributed by atoms with Crippen LogP contribution in [0.4, 0.5) is 5.69 Å². The molecule has 0 atom stereocenters. The highest BCUT2D eigenvalue weighted by molar-refractivity contribution is 9.10. The molecule has 0 saturated heterocycles. The van der Waals surface area contributed by atoms with Gasteiger partial charge in [0.15, 0.2) is 0 Å². The molecule has 0 fully saturated rings. The zero-order chi connectivity index (χ0) is 13.1. The van der Waals surface area contributed by atoms with E-state index in [1.54, 1.807) is 18.3 Å². The lowest BCUT2D eigenvalue weighted by Crippen LogP contribution is -2.14. The second-order valence-electron chi connectivity index (χ2n) is 3.88. The summed E-state index contributed by atoms with van der Waals surface area (Å²) in [6.07, 6.45) is 1.62. The maximum atomic E-state index is 12.1. The van der Waals surface area contributed by atoms with Gasteiger partial charge < -0.3 is 5.32 Å². The molecule has 0 unspecified atom stereocenters. The van der Waals surface area contributed by atoms with Crippen LogP contribution < -0.4 is 5.32 Å². The molecule has 4 nitrogen and oxygen atoms in total. The lowest BCUT2D eigenvalue weighted by atomic mass is 10.2. The number of pyridine rings is 2. The van der Waals surface area contributed by atoms with E-state index in [4.69, 9.17) is 0 Å². The minimum atomic E-state index is -0.205. The van der Waals surface area contributed by atoms with Crippen LogP contribution in [0.5, 0.6) is 0 Å². The monoisotopic (exact) mass is 305 g/mol. The first-order valence-corrected chi connectivity index (χ1v) is 6.23. The van der Waals surface area contributed by atoms with E-state index in [0.717, 1.165) is 11.4 Å². The number of carbonyl (C=O) groups is 1. The van der Waals surface area contributed by atoms with E-state index < -0.39 is 0 Å². The number of hydrogen-bond acceptors (Lipinski definition) is 3. The van der Waals surface area contributed by atoms with Crippen molar-refractivity contribution in [3.05, 3.63) is 52.0 Å². The first-order chi connectivity index (χ1) is 8.58. The van der Waals surface area contributed by atoms with Gasteiger partial charge in [0.25, 0.3) is 5.91 Å². The normalized spacial score (nSPS) is 10.2. The molecule has 0 bridgehead atoms. The molecule has 2 aromatic rings. The molecule has 0 aliphatic carbocycles. The van der Waals surface area contributed by atoms with Crippen LogP contribution in [0.3, 0.4) is 0 Å². The van der Waals surface area contributed by atoms with Crippen molar-refractivity contribution in [3.63, 3.8) is 0 Å². The van der Waals surface area contributed by atoms with Crippen LogP contribution in [0.2, 0.25) is 0 Å². The van der Waals surface area contributed by atoms with Crippen molar-refractivity contribution >= 4 is 27.5 Å². The van der Waals surface area contributed by atoms with Crippen LogP contribution in [0.25, 0.3) is 0 Å². The van der Waals surface area contributed by atoms with Gasteiger partial charge in [0.1, 0.15) is 4.60 Å². The first kappa shape index (κ1) is 12.7. The molecule has 0 spiro atoms. The molecule has 1 N–H and O–H groups in total. The molecule has 2 rings (SSSR count). The molecule has 5 heteroatoms. The van der Waals surface area contributed by atoms with Gasteiger partial charge in [-0.25, -0.2) is 4.98 Å². The lowest BCUT2D eigenvalue weighted by molar-refractivity contribution is 0.102. The largest absolute Gasteiger partial charge is 0.320 e. The fourth-order valence-electron chi connectivity index (χ4n) is 1.56. The second-order valence-corrected chi connectivity index (χ2v) is 4.63. The summed E-state index contributed by atoms with van der Waals surface area (Å²) in [5, 5.41) is 2.82. The quantitative estimate of drug-likeness (QED) is 0.867. The Morgan fingerprint density at radius 1 is 1.28 bits per heavy atom. The summed E-state index contributed by atoms with van der Waals surface area (Å²) in [6, 6.07) is 7.14. The van der Waals surface area contributed by atoms with Gasteiger partial charge in [0, 0.05) is 11.9 Å². The predicted octanol–water partition coefficient (Wildman–Crippen LogP) is 3.11. The topological polar surface area (TPSA) is 54.9 Å². The Kier molecular flexibility index (Phi) is 3.72. The van der Waals surface area contributed by atoms with Gasteiger partial charge in [0.2, 0.25) is 0 Å². The molecule has 2 aromatic heterocycles. The summed E-state index contributed by atoms with van der Waals surface area (Å²) >= 11 is 3.25. The molecule has 0 aromatic carbocycles. The van der Waals surface area contributed by atoms with Gasteiger partial charge in [-0.3, -0.25) is 9.78 Å². The third-order valence-electron chi connectivity index (χ3n) is 2.48. The summed E-state index contributed by atoms with van der Waals surface area (Å²) in [5.74, 6) is -0.205. The average Bonchev–Trinajstić information content (AvgIpc) is 2.33. The standard InChI is InChI=1S/C13H12BrN3O/c1-8-5-6-11(9(2)16-8)17-13(18)10-4-3-7-15-12(10)14/h3-7H,1-2H3,(H,17,18). The van der Waals surface area contributed by atoms with E-state index in [-0.39, 0.29) is 5.91 Å². The summed E-state index contributed by atoms with van der Waals surface area (Å²) in [6.45, 7) is 3.78. The molecule has 18 heavy (non-hydrogen) atoms. The fraction of sp³-hybridized carbons (Fsp3) is 0.154.